The molecule has 0 aliphatic rings. The fourth-order valence-electron chi connectivity index (χ4n) is 1.23. The minimum absolute atomic E-state index is 0.0317. The van der Waals surface area contributed by atoms with Gasteiger partial charge in [0.25, 0.3) is 6.43 Å². The lowest BCUT2D eigenvalue weighted by molar-refractivity contribution is 0.151. The summed E-state index contributed by atoms with van der Waals surface area (Å²) in [6.07, 6.45) is -2.46. The van der Waals surface area contributed by atoms with E-state index in [0.29, 0.717) is 5.69 Å². The Morgan fingerprint density at radius 1 is 1.43 bits per heavy atom. The van der Waals surface area contributed by atoms with Crippen LogP contribution in [-0.4, -0.2) is 13.6 Å². The number of benzene rings is 1. The molecule has 1 aromatic rings. The highest BCUT2D eigenvalue weighted by Gasteiger charge is 2.10. The van der Waals surface area contributed by atoms with Gasteiger partial charge >= 0.3 is 0 Å². The monoisotopic (exact) mass is 200 g/mol. The first-order valence-electron chi connectivity index (χ1n) is 4.45. The second kappa shape index (κ2) is 4.26. The molecule has 0 aliphatic heterocycles. The van der Waals surface area contributed by atoms with Crippen LogP contribution in [0.4, 0.5) is 20.2 Å². The van der Waals surface area contributed by atoms with Crippen LogP contribution >= 0.6 is 0 Å². The van der Waals surface area contributed by atoms with Gasteiger partial charge in [-0.1, -0.05) is 6.07 Å². The summed E-state index contributed by atoms with van der Waals surface area (Å²) in [6, 6.07) is 4.36. The van der Waals surface area contributed by atoms with E-state index in [2.05, 4.69) is 0 Å². The quantitative estimate of drug-likeness (QED) is 0.760. The SMILES string of the molecule is CCN(C)c1ccc(C(F)F)cc1N. The maximum Gasteiger partial charge on any atom is 0.263 e. The van der Waals surface area contributed by atoms with Crippen molar-refractivity contribution in [3.8, 4) is 0 Å². The lowest BCUT2D eigenvalue weighted by Crippen LogP contribution is -2.17. The highest BCUT2D eigenvalue weighted by Crippen LogP contribution is 2.27. The summed E-state index contributed by atoms with van der Waals surface area (Å²) in [6.45, 7) is 2.76. The first kappa shape index (κ1) is 10.8. The van der Waals surface area contributed by atoms with Crippen molar-refractivity contribution in [1.82, 2.24) is 0 Å². The van der Waals surface area contributed by atoms with E-state index in [1.165, 1.54) is 12.1 Å². The number of halogens is 2. The van der Waals surface area contributed by atoms with Gasteiger partial charge in [0.2, 0.25) is 0 Å². The summed E-state index contributed by atoms with van der Waals surface area (Å²) in [7, 11) is 1.87. The van der Waals surface area contributed by atoms with Crippen LogP contribution in [0.25, 0.3) is 0 Å². The highest BCUT2D eigenvalue weighted by molar-refractivity contribution is 5.68. The van der Waals surface area contributed by atoms with Crippen molar-refractivity contribution in [2.24, 2.45) is 0 Å². The molecule has 0 aromatic heterocycles. The summed E-state index contributed by atoms with van der Waals surface area (Å²) in [5, 5.41) is 0. The molecule has 4 heteroatoms. The third kappa shape index (κ3) is 2.13. The van der Waals surface area contributed by atoms with E-state index in [1.54, 1.807) is 6.07 Å². The topological polar surface area (TPSA) is 29.3 Å². The van der Waals surface area contributed by atoms with Gasteiger partial charge in [-0.05, 0) is 19.1 Å². The molecule has 78 valence electrons. The molecule has 0 fully saturated rings. The number of nitrogen functional groups attached to an aromatic ring is 1. The van der Waals surface area contributed by atoms with Crippen LogP contribution in [0.15, 0.2) is 18.2 Å². The Morgan fingerprint density at radius 2 is 2.07 bits per heavy atom. The Balaban J connectivity index is 3.01. The zero-order chi connectivity index (χ0) is 10.7. The van der Waals surface area contributed by atoms with Gasteiger partial charge in [-0.3, -0.25) is 0 Å². The number of rotatable bonds is 3. The number of hydrogen-bond donors (Lipinski definition) is 1. The Labute approximate surface area is 82.3 Å². The zero-order valence-electron chi connectivity index (χ0n) is 8.30. The molecule has 0 unspecified atom stereocenters. The van der Waals surface area contributed by atoms with Crippen LogP contribution in [0.1, 0.15) is 18.9 Å². The third-order valence-corrected chi connectivity index (χ3v) is 2.19. The number of anilines is 2. The van der Waals surface area contributed by atoms with Crippen molar-refractivity contribution in [3.63, 3.8) is 0 Å². The van der Waals surface area contributed by atoms with Crippen molar-refractivity contribution in [3.05, 3.63) is 23.8 Å². The molecule has 0 bridgehead atoms. The van der Waals surface area contributed by atoms with Gasteiger partial charge in [-0.15, -0.1) is 0 Å². The molecule has 0 amide bonds. The van der Waals surface area contributed by atoms with Crippen LogP contribution in [0.5, 0.6) is 0 Å². The van der Waals surface area contributed by atoms with Gasteiger partial charge < -0.3 is 10.6 Å². The molecule has 0 saturated carbocycles. The molecule has 0 radical (unpaired) electrons. The minimum atomic E-state index is -2.46. The number of nitrogens with zero attached hydrogens (tertiary/aromatic N) is 1. The fraction of sp³-hybridized carbons (Fsp3) is 0.400. The molecule has 14 heavy (non-hydrogen) atoms. The first-order chi connectivity index (χ1) is 6.56. The molecule has 0 heterocycles. The molecule has 0 saturated heterocycles. The minimum Gasteiger partial charge on any atom is -0.397 e. The second-order valence-corrected chi connectivity index (χ2v) is 3.13. The number of alkyl halides is 2. The number of nitrogens with two attached hydrogens (primary N) is 1. The largest absolute Gasteiger partial charge is 0.397 e. The predicted molar refractivity (Wildman–Crippen MR) is 54.8 cm³/mol. The molecular weight excluding hydrogens is 186 g/mol. The van der Waals surface area contributed by atoms with Crippen LogP contribution < -0.4 is 10.6 Å². The second-order valence-electron chi connectivity index (χ2n) is 3.13. The maximum absolute atomic E-state index is 12.3. The molecule has 0 spiro atoms. The average molecular weight is 200 g/mol. The van der Waals surface area contributed by atoms with Gasteiger partial charge in [0, 0.05) is 19.2 Å². The van der Waals surface area contributed by atoms with Crippen LogP contribution in [-0.2, 0) is 0 Å². The molecule has 0 aliphatic carbocycles. The molecular formula is C10H14F2N2. The first-order valence-corrected chi connectivity index (χ1v) is 4.45. The lowest BCUT2D eigenvalue weighted by Gasteiger charge is -2.19. The molecule has 2 nitrogen and oxygen atoms in total. The summed E-state index contributed by atoms with van der Waals surface area (Å²) >= 11 is 0. The van der Waals surface area contributed by atoms with Crippen molar-refractivity contribution in [2.45, 2.75) is 13.3 Å². The maximum atomic E-state index is 12.3. The van der Waals surface area contributed by atoms with Gasteiger partial charge in [0.15, 0.2) is 0 Å². The predicted octanol–water partition coefficient (Wildman–Crippen LogP) is 2.66. The Hall–Kier alpha value is -1.32. The van der Waals surface area contributed by atoms with E-state index in [4.69, 9.17) is 5.73 Å². The van der Waals surface area contributed by atoms with Crippen molar-refractivity contribution >= 4 is 11.4 Å². The summed E-state index contributed by atoms with van der Waals surface area (Å²) < 4.78 is 24.6. The van der Waals surface area contributed by atoms with Crippen molar-refractivity contribution in [1.29, 1.82) is 0 Å². The Kier molecular flexibility index (Phi) is 3.28. The average Bonchev–Trinajstić information content (AvgIpc) is 2.16. The number of hydrogen-bond acceptors (Lipinski definition) is 2. The van der Waals surface area contributed by atoms with E-state index in [1.807, 2.05) is 18.9 Å². The van der Waals surface area contributed by atoms with E-state index in [9.17, 15) is 8.78 Å². The van der Waals surface area contributed by atoms with Crippen LogP contribution in [0.2, 0.25) is 0 Å². The van der Waals surface area contributed by atoms with E-state index in [-0.39, 0.29) is 5.56 Å². The van der Waals surface area contributed by atoms with Crippen molar-refractivity contribution < 1.29 is 8.78 Å². The van der Waals surface area contributed by atoms with E-state index < -0.39 is 6.43 Å². The summed E-state index contributed by atoms with van der Waals surface area (Å²) in [5.41, 5.74) is 6.81. The standard InChI is InChI=1S/C10H14F2N2/c1-3-14(2)9-5-4-7(10(11)12)6-8(9)13/h4-6,10H,3,13H2,1-2H3. The lowest BCUT2D eigenvalue weighted by atomic mass is 10.1. The molecule has 2 N–H and O–H groups in total. The van der Waals surface area contributed by atoms with Gasteiger partial charge in [-0.25, -0.2) is 8.78 Å². The van der Waals surface area contributed by atoms with E-state index in [0.717, 1.165) is 12.2 Å². The highest BCUT2D eigenvalue weighted by atomic mass is 19.3. The van der Waals surface area contributed by atoms with Gasteiger partial charge in [0.05, 0.1) is 11.4 Å². The van der Waals surface area contributed by atoms with E-state index >= 15 is 0 Å². The third-order valence-electron chi connectivity index (χ3n) is 2.19. The van der Waals surface area contributed by atoms with Gasteiger partial charge in [0.1, 0.15) is 0 Å². The summed E-state index contributed by atoms with van der Waals surface area (Å²) in [4.78, 5) is 1.91. The summed E-state index contributed by atoms with van der Waals surface area (Å²) in [5.74, 6) is 0. The van der Waals surface area contributed by atoms with Crippen LogP contribution in [0, 0.1) is 0 Å². The smallest absolute Gasteiger partial charge is 0.263 e. The Morgan fingerprint density at radius 3 is 2.50 bits per heavy atom. The molecule has 0 atom stereocenters. The van der Waals surface area contributed by atoms with Gasteiger partial charge in [-0.2, -0.15) is 0 Å². The van der Waals surface area contributed by atoms with Crippen molar-refractivity contribution in [2.75, 3.05) is 24.2 Å². The molecule has 1 rings (SSSR count). The fourth-order valence-corrected chi connectivity index (χ4v) is 1.23. The Bertz CT molecular complexity index is 313. The molecule has 1 aromatic carbocycles. The normalized spacial score (nSPS) is 10.6. The zero-order valence-corrected chi connectivity index (χ0v) is 8.30. The van der Waals surface area contributed by atoms with Crippen LogP contribution in [0.3, 0.4) is 0 Å².